The molecule has 2 aliphatic carbocycles. The fraction of sp³-hybridized carbons (Fsp3) is 0.810. The van der Waals surface area contributed by atoms with E-state index in [1.54, 1.807) is 0 Å². The lowest BCUT2D eigenvalue weighted by molar-refractivity contribution is -0.159. The summed E-state index contributed by atoms with van der Waals surface area (Å²) >= 11 is 0. The predicted octanol–water partition coefficient (Wildman–Crippen LogP) is 0.429. The molecule has 2 aliphatic heterocycles. The second-order valence-corrected chi connectivity index (χ2v) is 8.78. The highest BCUT2D eigenvalue weighted by atomic mass is 16.4. The Labute approximate surface area is 172 Å². The molecule has 0 aromatic carbocycles. The fourth-order valence-corrected chi connectivity index (χ4v) is 5.40. The molecular weight excluding hydrogens is 374 g/mol. The minimum Gasteiger partial charge on any atom is -0.473 e. The number of carbonyl (C=O) groups is 2. The van der Waals surface area contributed by atoms with Gasteiger partial charge < -0.3 is 20.2 Å². The number of carboxylic acids is 2. The van der Waals surface area contributed by atoms with Gasteiger partial charge in [-0.3, -0.25) is 9.80 Å². The molecule has 0 aromatic rings. The van der Waals surface area contributed by atoms with Gasteiger partial charge in [0, 0.05) is 45.3 Å². The molecule has 2 saturated heterocycles. The highest BCUT2D eigenvalue weighted by molar-refractivity contribution is 6.27. The van der Waals surface area contributed by atoms with Crippen LogP contribution in [0.5, 0.6) is 0 Å². The lowest BCUT2D eigenvalue weighted by Crippen LogP contribution is -2.53. The third kappa shape index (κ3) is 6.25. The van der Waals surface area contributed by atoms with Crippen LogP contribution in [0.3, 0.4) is 0 Å². The van der Waals surface area contributed by atoms with Gasteiger partial charge in [-0.25, -0.2) is 9.59 Å². The van der Waals surface area contributed by atoms with E-state index in [2.05, 4.69) is 26.9 Å². The lowest BCUT2D eigenvalue weighted by Gasteiger charge is -2.43. The molecule has 0 amide bonds. The summed E-state index contributed by atoms with van der Waals surface area (Å²) in [6.45, 7) is 9.78. The first kappa shape index (κ1) is 22.2. The Morgan fingerprint density at radius 2 is 1.52 bits per heavy atom. The number of β-amino-alcohol motifs (C(OH)–C–C–N with tert-alkyl or cyclic N) is 1. The number of piperidine rings is 1. The number of rotatable bonds is 5. The van der Waals surface area contributed by atoms with Crippen molar-refractivity contribution >= 4 is 11.9 Å². The minimum absolute atomic E-state index is 0.302. The standard InChI is InChI=1S/C19H33N3O.C2H2O4/c23-12-11-20-7-9-22(10-8-20)19-3-5-21(6-4-19)15-18-14-16-1-2-17(18)13-16;3-1(4)2(5)6/h1-2,16-19,23H,3-15H2;(H,3,4)(H,5,6). The smallest absolute Gasteiger partial charge is 0.414 e. The van der Waals surface area contributed by atoms with Gasteiger partial charge in [-0.1, -0.05) is 12.2 Å². The van der Waals surface area contributed by atoms with Gasteiger partial charge in [-0.2, -0.15) is 0 Å². The van der Waals surface area contributed by atoms with E-state index in [9.17, 15) is 0 Å². The Morgan fingerprint density at radius 1 is 0.862 bits per heavy atom. The molecular formula is C21H35N3O5. The van der Waals surface area contributed by atoms with E-state index in [0.29, 0.717) is 6.61 Å². The molecule has 3 fully saturated rings. The van der Waals surface area contributed by atoms with Crippen LogP contribution in [-0.4, -0.2) is 107 Å². The van der Waals surface area contributed by atoms with Crippen LogP contribution in [0.1, 0.15) is 25.7 Å². The second-order valence-electron chi connectivity index (χ2n) is 8.78. The normalized spacial score (nSPS) is 30.9. The molecule has 0 aromatic heterocycles. The maximum atomic E-state index is 9.10. The Morgan fingerprint density at radius 3 is 2.00 bits per heavy atom. The quantitative estimate of drug-likeness (QED) is 0.444. The van der Waals surface area contributed by atoms with E-state index in [-0.39, 0.29) is 0 Å². The second kappa shape index (κ2) is 10.5. The number of aliphatic carboxylic acids is 2. The zero-order valence-corrected chi connectivity index (χ0v) is 17.2. The van der Waals surface area contributed by atoms with Crippen LogP contribution in [-0.2, 0) is 9.59 Å². The monoisotopic (exact) mass is 409 g/mol. The highest BCUT2D eigenvalue weighted by Crippen LogP contribution is 2.43. The van der Waals surface area contributed by atoms with Gasteiger partial charge in [0.2, 0.25) is 0 Å². The summed E-state index contributed by atoms with van der Waals surface area (Å²) in [6.07, 6.45) is 10.6. The van der Waals surface area contributed by atoms with Crippen molar-refractivity contribution in [2.75, 3.05) is 59.0 Å². The largest absolute Gasteiger partial charge is 0.473 e. The molecule has 1 saturated carbocycles. The van der Waals surface area contributed by atoms with Gasteiger partial charge in [0.05, 0.1) is 6.61 Å². The number of hydrogen-bond acceptors (Lipinski definition) is 6. The first-order valence-corrected chi connectivity index (χ1v) is 10.9. The molecule has 0 radical (unpaired) electrons. The summed E-state index contributed by atoms with van der Waals surface area (Å²) in [5.41, 5.74) is 0. The van der Waals surface area contributed by atoms with E-state index in [4.69, 9.17) is 24.9 Å². The molecule has 0 spiro atoms. The first-order valence-electron chi connectivity index (χ1n) is 10.9. The summed E-state index contributed by atoms with van der Waals surface area (Å²) in [6, 6.07) is 0.808. The van der Waals surface area contributed by atoms with Crippen LogP contribution in [0.4, 0.5) is 0 Å². The van der Waals surface area contributed by atoms with Crippen molar-refractivity contribution in [3.8, 4) is 0 Å². The molecule has 3 N–H and O–H groups in total. The lowest BCUT2D eigenvalue weighted by atomic mass is 9.92. The van der Waals surface area contributed by atoms with E-state index < -0.39 is 11.9 Å². The van der Waals surface area contributed by atoms with Crippen LogP contribution in [0.2, 0.25) is 0 Å². The maximum absolute atomic E-state index is 9.10. The van der Waals surface area contributed by atoms with Gasteiger partial charge in [-0.15, -0.1) is 0 Å². The van der Waals surface area contributed by atoms with Crippen molar-refractivity contribution in [2.24, 2.45) is 17.8 Å². The average Bonchev–Trinajstić information content (AvgIpc) is 3.33. The number of likely N-dealkylation sites (tertiary alicyclic amines) is 1. The molecule has 2 bridgehead atoms. The molecule has 8 nitrogen and oxygen atoms in total. The molecule has 8 heteroatoms. The van der Waals surface area contributed by atoms with Crippen LogP contribution >= 0.6 is 0 Å². The summed E-state index contributed by atoms with van der Waals surface area (Å²) in [7, 11) is 0. The summed E-state index contributed by atoms with van der Waals surface area (Å²) < 4.78 is 0. The SMILES string of the molecule is O=C(O)C(=O)O.OCCN1CCN(C2CCN(CC3CC4C=CC3C4)CC2)CC1. The zero-order valence-electron chi connectivity index (χ0n) is 17.2. The number of carboxylic acid groups (broad SMARTS) is 2. The van der Waals surface area contributed by atoms with E-state index in [0.717, 1.165) is 43.4 Å². The van der Waals surface area contributed by atoms with Gasteiger partial charge in [0.25, 0.3) is 0 Å². The zero-order chi connectivity index (χ0) is 20.8. The van der Waals surface area contributed by atoms with Crippen molar-refractivity contribution in [3.63, 3.8) is 0 Å². The number of hydrogen-bond donors (Lipinski definition) is 3. The van der Waals surface area contributed by atoms with Crippen LogP contribution in [0.15, 0.2) is 12.2 Å². The van der Waals surface area contributed by atoms with Crippen LogP contribution in [0.25, 0.3) is 0 Å². The number of piperazine rings is 1. The van der Waals surface area contributed by atoms with Crippen molar-refractivity contribution < 1.29 is 24.9 Å². The Bertz CT molecular complexity index is 571. The predicted molar refractivity (Wildman–Crippen MR) is 109 cm³/mol. The Hall–Kier alpha value is -1.48. The third-order valence-corrected chi connectivity index (χ3v) is 6.99. The third-order valence-electron chi connectivity index (χ3n) is 6.99. The number of fused-ring (bicyclic) bond motifs is 2. The number of allylic oxidation sites excluding steroid dienone is 2. The van der Waals surface area contributed by atoms with E-state index in [1.807, 2.05) is 0 Å². The summed E-state index contributed by atoms with van der Waals surface area (Å²) in [5.74, 6) is -0.886. The van der Waals surface area contributed by atoms with Gasteiger partial charge in [0.1, 0.15) is 0 Å². The minimum atomic E-state index is -1.82. The number of aliphatic hydroxyl groups is 1. The van der Waals surface area contributed by atoms with E-state index in [1.165, 1.54) is 58.4 Å². The van der Waals surface area contributed by atoms with Crippen LogP contribution in [0, 0.1) is 17.8 Å². The molecule has 29 heavy (non-hydrogen) atoms. The van der Waals surface area contributed by atoms with Crippen molar-refractivity contribution in [2.45, 2.75) is 31.7 Å². The highest BCUT2D eigenvalue weighted by Gasteiger charge is 2.37. The Kier molecular flexibility index (Phi) is 8.06. The number of aliphatic hydroxyl groups excluding tert-OH is 1. The summed E-state index contributed by atoms with van der Waals surface area (Å²) in [5, 5.41) is 23.8. The van der Waals surface area contributed by atoms with Crippen molar-refractivity contribution in [1.29, 1.82) is 0 Å². The average molecular weight is 410 g/mol. The topological polar surface area (TPSA) is 105 Å². The van der Waals surface area contributed by atoms with E-state index >= 15 is 0 Å². The Balaban J connectivity index is 0.000000353. The molecule has 3 atom stereocenters. The molecule has 4 rings (SSSR count). The van der Waals surface area contributed by atoms with Crippen molar-refractivity contribution in [1.82, 2.24) is 14.7 Å². The fourth-order valence-electron chi connectivity index (χ4n) is 5.40. The van der Waals surface area contributed by atoms with Gasteiger partial charge >= 0.3 is 11.9 Å². The molecule has 4 aliphatic rings. The summed E-state index contributed by atoms with van der Waals surface area (Å²) in [4.78, 5) is 26.1. The van der Waals surface area contributed by atoms with Crippen LogP contribution < -0.4 is 0 Å². The molecule has 3 unspecified atom stereocenters. The maximum Gasteiger partial charge on any atom is 0.414 e. The number of nitrogens with zero attached hydrogens (tertiary/aromatic N) is 3. The molecule has 2 heterocycles. The van der Waals surface area contributed by atoms with Crippen molar-refractivity contribution in [3.05, 3.63) is 12.2 Å². The first-order chi connectivity index (χ1) is 14.0. The van der Waals surface area contributed by atoms with Gasteiger partial charge in [-0.05, 0) is 56.5 Å². The van der Waals surface area contributed by atoms with Gasteiger partial charge in [0.15, 0.2) is 0 Å². The molecule has 164 valence electrons.